The van der Waals surface area contributed by atoms with Crippen molar-refractivity contribution in [1.82, 2.24) is 9.78 Å². The first-order valence-electron chi connectivity index (χ1n) is 9.84. The van der Waals surface area contributed by atoms with Crippen LogP contribution in [0.1, 0.15) is 27.4 Å². The number of amides is 1. The number of halogens is 5. The molecule has 0 saturated heterocycles. The van der Waals surface area contributed by atoms with Crippen molar-refractivity contribution in [3.63, 3.8) is 0 Å². The molecular formula is C23H16F5N3O3. The summed E-state index contributed by atoms with van der Waals surface area (Å²) in [5.41, 5.74) is -0.0610. The lowest BCUT2D eigenvalue weighted by Gasteiger charge is -2.08. The van der Waals surface area contributed by atoms with Crippen LogP contribution < -0.4 is 10.1 Å². The van der Waals surface area contributed by atoms with Gasteiger partial charge in [0.15, 0.2) is 17.3 Å². The molecule has 2 aromatic carbocycles. The molecule has 0 atom stereocenters. The van der Waals surface area contributed by atoms with Gasteiger partial charge in [0.2, 0.25) is 0 Å². The van der Waals surface area contributed by atoms with Gasteiger partial charge in [-0.2, -0.15) is 18.3 Å². The van der Waals surface area contributed by atoms with E-state index in [2.05, 4.69) is 10.4 Å². The maximum Gasteiger partial charge on any atom is 0.416 e. The highest BCUT2D eigenvalue weighted by molar-refractivity contribution is 6.02. The monoisotopic (exact) mass is 477 g/mol. The van der Waals surface area contributed by atoms with Crippen LogP contribution in [0.2, 0.25) is 0 Å². The van der Waals surface area contributed by atoms with E-state index >= 15 is 0 Å². The molecule has 0 aliphatic carbocycles. The van der Waals surface area contributed by atoms with Crippen molar-refractivity contribution < 1.29 is 35.9 Å². The number of rotatable bonds is 7. The summed E-state index contributed by atoms with van der Waals surface area (Å²) < 4.78 is 77.2. The Labute approximate surface area is 189 Å². The van der Waals surface area contributed by atoms with Crippen molar-refractivity contribution in [2.45, 2.75) is 19.3 Å². The number of hydrogen-bond acceptors (Lipinski definition) is 4. The predicted octanol–water partition coefficient (Wildman–Crippen LogP) is 5.65. The molecule has 0 saturated carbocycles. The molecule has 4 aromatic rings. The summed E-state index contributed by atoms with van der Waals surface area (Å²) in [4.78, 5) is 12.4. The smallest absolute Gasteiger partial charge is 0.416 e. The minimum Gasteiger partial charge on any atom is -0.483 e. The Morgan fingerprint density at radius 1 is 1.09 bits per heavy atom. The van der Waals surface area contributed by atoms with Crippen LogP contribution >= 0.6 is 0 Å². The number of nitrogens with one attached hydrogen (secondary N) is 1. The zero-order valence-electron chi connectivity index (χ0n) is 17.3. The van der Waals surface area contributed by atoms with E-state index in [-0.39, 0.29) is 30.4 Å². The lowest BCUT2D eigenvalue weighted by atomic mass is 10.1. The number of carbonyl (C=O) groups excluding carboxylic acids is 1. The Balaban J connectivity index is 1.35. The molecule has 2 aromatic heterocycles. The van der Waals surface area contributed by atoms with Gasteiger partial charge in [0.05, 0.1) is 24.0 Å². The highest BCUT2D eigenvalue weighted by Gasteiger charge is 2.30. The average molecular weight is 477 g/mol. The summed E-state index contributed by atoms with van der Waals surface area (Å²) in [7, 11) is 0. The van der Waals surface area contributed by atoms with Crippen molar-refractivity contribution >= 4 is 11.6 Å². The number of benzene rings is 2. The van der Waals surface area contributed by atoms with Gasteiger partial charge in [0.25, 0.3) is 5.91 Å². The van der Waals surface area contributed by atoms with Crippen LogP contribution in [0.25, 0.3) is 0 Å². The predicted molar refractivity (Wildman–Crippen MR) is 110 cm³/mol. The Bertz CT molecular complexity index is 1310. The molecule has 0 aliphatic rings. The third-order valence-corrected chi connectivity index (χ3v) is 4.64. The number of nitrogens with zero attached hydrogens (tertiary/aromatic N) is 2. The Morgan fingerprint density at radius 3 is 2.68 bits per heavy atom. The fourth-order valence-corrected chi connectivity index (χ4v) is 3.06. The van der Waals surface area contributed by atoms with E-state index in [4.69, 9.17) is 9.15 Å². The molecule has 0 aliphatic heterocycles. The van der Waals surface area contributed by atoms with Gasteiger partial charge >= 0.3 is 6.18 Å². The first-order valence-corrected chi connectivity index (χ1v) is 9.84. The van der Waals surface area contributed by atoms with Crippen LogP contribution in [0.5, 0.6) is 5.75 Å². The molecule has 34 heavy (non-hydrogen) atoms. The molecule has 176 valence electrons. The molecule has 0 bridgehead atoms. The fourth-order valence-electron chi connectivity index (χ4n) is 3.06. The largest absolute Gasteiger partial charge is 0.483 e. The number of aromatic nitrogens is 2. The zero-order valence-corrected chi connectivity index (χ0v) is 17.3. The standard InChI is InChI=1S/C23H16F5N3O3/c24-16-4-6-20(19(25)9-16)33-13-18-5-7-21(34-18)22(32)30-17-10-29-31(12-17)11-14-2-1-3-15(8-14)23(26,27)28/h1-10,12H,11,13H2,(H,30,32). The molecule has 0 spiro atoms. The van der Waals surface area contributed by atoms with Gasteiger partial charge in [-0.05, 0) is 42.0 Å². The van der Waals surface area contributed by atoms with Crippen LogP contribution in [0.3, 0.4) is 0 Å². The molecule has 0 unspecified atom stereocenters. The molecule has 0 fully saturated rings. The number of ether oxygens (including phenoxy) is 1. The average Bonchev–Trinajstić information content (AvgIpc) is 3.42. The maximum atomic E-state index is 13.6. The van der Waals surface area contributed by atoms with Crippen LogP contribution in [0.4, 0.5) is 27.6 Å². The second-order valence-electron chi connectivity index (χ2n) is 7.21. The molecule has 6 nitrogen and oxygen atoms in total. The van der Waals surface area contributed by atoms with E-state index in [0.29, 0.717) is 17.3 Å². The van der Waals surface area contributed by atoms with Gasteiger partial charge in [-0.1, -0.05) is 12.1 Å². The molecule has 2 heterocycles. The number of furan rings is 1. The summed E-state index contributed by atoms with van der Waals surface area (Å²) in [6, 6.07) is 10.6. The van der Waals surface area contributed by atoms with Crippen LogP contribution in [0, 0.1) is 11.6 Å². The van der Waals surface area contributed by atoms with E-state index in [1.165, 1.54) is 35.3 Å². The van der Waals surface area contributed by atoms with Crippen LogP contribution in [0.15, 0.2) is 71.4 Å². The molecular weight excluding hydrogens is 461 g/mol. The van der Waals surface area contributed by atoms with Gasteiger partial charge in [0, 0.05) is 12.3 Å². The van der Waals surface area contributed by atoms with Crippen molar-refractivity contribution in [3.05, 3.63) is 101 Å². The first-order chi connectivity index (χ1) is 16.2. The van der Waals surface area contributed by atoms with Crippen molar-refractivity contribution in [1.29, 1.82) is 0 Å². The summed E-state index contributed by atoms with van der Waals surface area (Å²) in [6.45, 7) is -0.118. The van der Waals surface area contributed by atoms with E-state index in [1.54, 1.807) is 6.07 Å². The summed E-state index contributed by atoms with van der Waals surface area (Å²) in [5.74, 6) is -2.20. The quantitative estimate of drug-likeness (QED) is 0.349. The van der Waals surface area contributed by atoms with Gasteiger partial charge in [0.1, 0.15) is 18.2 Å². The minimum absolute atomic E-state index is 0.0520. The van der Waals surface area contributed by atoms with E-state index in [9.17, 15) is 26.7 Å². The maximum absolute atomic E-state index is 13.6. The fraction of sp³-hybridized carbons (Fsp3) is 0.130. The van der Waals surface area contributed by atoms with E-state index < -0.39 is 29.3 Å². The zero-order chi connectivity index (χ0) is 24.3. The molecule has 0 radical (unpaired) electrons. The highest BCUT2D eigenvalue weighted by Crippen LogP contribution is 2.29. The lowest BCUT2D eigenvalue weighted by Crippen LogP contribution is -2.10. The first kappa shape index (κ1) is 23.0. The van der Waals surface area contributed by atoms with Crippen molar-refractivity contribution in [3.8, 4) is 5.75 Å². The number of hydrogen-bond donors (Lipinski definition) is 1. The van der Waals surface area contributed by atoms with Gasteiger partial charge in [-0.25, -0.2) is 8.78 Å². The topological polar surface area (TPSA) is 69.3 Å². The highest BCUT2D eigenvalue weighted by atomic mass is 19.4. The second kappa shape index (κ2) is 9.38. The number of carbonyl (C=O) groups is 1. The Kier molecular flexibility index (Phi) is 6.35. The van der Waals surface area contributed by atoms with Crippen LogP contribution in [-0.4, -0.2) is 15.7 Å². The molecule has 4 rings (SSSR count). The Morgan fingerprint density at radius 2 is 1.91 bits per heavy atom. The Hall–Kier alpha value is -4.15. The molecule has 1 amide bonds. The summed E-state index contributed by atoms with van der Waals surface area (Å²) >= 11 is 0. The second-order valence-corrected chi connectivity index (χ2v) is 7.21. The molecule has 11 heteroatoms. The van der Waals surface area contributed by atoms with Gasteiger partial charge < -0.3 is 14.5 Å². The molecule has 1 N–H and O–H groups in total. The van der Waals surface area contributed by atoms with E-state index in [0.717, 1.165) is 24.3 Å². The summed E-state index contributed by atoms with van der Waals surface area (Å²) in [5, 5.41) is 6.60. The van der Waals surface area contributed by atoms with Gasteiger partial charge in [-0.15, -0.1) is 0 Å². The third kappa shape index (κ3) is 5.61. The normalized spacial score (nSPS) is 11.4. The van der Waals surface area contributed by atoms with Crippen molar-refractivity contribution in [2.75, 3.05) is 5.32 Å². The SMILES string of the molecule is O=C(Nc1cnn(Cc2cccc(C(F)(F)F)c2)c1)c1ccc(COc2ccc(F)cc2F)o1. The minimum atomic E-state index is -4.45. The van der Waals surface area contributed by atoms with Crippen molar-refractivity contribution in [2.24, 2.45) is 0 Å². The third-order valence-electron chi connectivity index (χ3n) is 4.64. The number of anilines is 1. The summed E-state index contributed by atoms with van der Waals surface area (Å²) in [6.07, 6.45) is -1.64. The van der Waals surface area contributed by atoms with Gasteiger partial charge in [-0.3, -0.25) is 9.48 Å². The van der Waals surface area contributed by atoms with Crippen LogP contribution in [-0.2, 0) is 19.3 Å². The van der Waals surface area contributed by atoms with E-state index in [1.807, 2.05) is 0 Å². The lowest BCUT2D eigenvalue weighted by molar-refractivity contribution is -0.137. The number of alkyl halides is 3.